The summed E-state index contributed by atoms with van der Waals surface area (Å²) in [5.74, 6) is 0. The molecule has 0 saturated carbocycles. The zero-order chi connectivity index (χ0) is 8.10. The molecule has 0 N–H and O–H groups in total. The van der Waals surface area contributed by atoms with E-state index in [2.05, 4.69) is 19.1 Å². The molecule has 0 aliphatic heterocycles. The van der Waals surface area contributed by atoms with Crippen molar-refractivity contribution in [1.29, 1.82) is 0 Å². The third-order valence-electron chi connectivity index (χ3n) is 2.01. The first-order valence-electron chi connectivity index (χ1n) is 4.44. The van der Waals surface area contributed by atoms with E-state index in [-0.39, 0.29) is 12.4 Å². The molecule has 0 aromatic heterocycles. The van der Waals surface area contributed by atoms with Crippen LogP contribution in [0.25, 0.3) is 0 Å². The van der Waals surface area contributed by atoms with Crippen LogP contribution in [0.3, 0.4) is 0 Å². The molecular formula is C10H16ClZr. The number of allylic oxidation sites excluding steroid dienone is 4. The summed E-state index contributed by atoms with van der Waals surface area (Å²) >= 11 is 1.59. The minimum absolute atomic E-state index is 0. The van der Waals surface area contributed by atoms with Gasteiger partial charge in [-0.1, -0.05) is 0 Å². The van der Waals surface area contributed by atoms with Crippen LogP contribution in [-0.4, -0.2) is 0 Å². The molecule has 0 atom stereocenters. The van der Waals surface area contributed by atoms with Gasteiger partial charge in [-0.25, -0.2) is 0 Å². The van der Waals surface area contributed by atoms with E-state index in [1.807, 2.05) is 0 Å². The average Bonchev–Trinajstić information content (AvgIpc) is 2.37. The molecule has 12 heavy (non-hydrogen) atoms. The fraction of sp³-hybridized carbons (Fsp3) is 0.600. The van der Waals surface area contributed by atoms with Gasteiger partial charge in [0.05, 0.1) is 0 Å². The predicted octanol–water partition coefficient (Wildman–Crippen LogP) is 3.75. The summed E-state index contributed by atoms with van der Waals surface area (Å²) in [6.45, 7) is 2.26. The van der Waals surface area contributed by atoms with Gasteiger partial charge >= 0.3 is 84.8 Å². The van der Waals surface area contributed by atoms with Crippen molar-refractivity contribution in [2.24, 2.45) is 0 Å². The zero-order valence-corrected chi connectivity index (χ0v) is 10.9. The van der Waals surface area contributed by atoms with Crippen molar-refractivity contribution in [1.82, 2.24) is 0 Å². The Kier molecular flexibility index (Phi) is 7.48. The number of unbranched alkanes of at least 4 members (excludes halogenated alkanes) is 2. The first-order valence-corrected chi connectivity index (χ1v) is 5.67. The van der Waals surface area contributed by atoms with Gasteiger partial charge in [0.2, 0.25) is 0 Å². The number of hydrogen-bond donors (Lipinski definition) is 0. The van der Waals surface area contributed by atoms with E-state index in [1.54, 1.807) is 33.6 Å². The summed E-state index contributed by atoms with van der Waals surface area (Å²) in [4.78, 5) is 0. The fourth-order valence-corrected chi connectivity index (χ4v) is 2.04. The summed E-state index contributed by atoms with van der Waals surface area (Å²) in [6, 6.07) is 0. The molecule has 0 aromatic carbocycles. The van der Waals surface area contributed by atoms with Crippen LogP contribution in [0, 0.1) is 0 Å². The quantitative estimate of drug-likeness (QED) is 0.677. The molecule has 0 heterocycles. The number of halogens is 1. The van der Waals surface area contributed by atoms with Crippen LogP contribution >= 0.6 is 12.4 Å². The van der Waals surface area contributed by atoms with Crippen LogP contribution in [0.4, 0.5) is 0 Å². The van der Waals surface area contributed by atoms with Crippen molar-refractivity contribution >= 4 is 12.4 Å². The third-order valence-corrected chi connectivity index (χ3v) is 2.87. The van der Waals surface area contributed by atoms with Crippen LogP contribution in [0.1, 0.15) is 39.0 Å². The second kappa shape index (κ2) is 7.09. The molecule has 2 heteroatoms. The molecule has 67 valence electrons. The monoisotopic (exact) mass is 261 g/mol. The summed E-state index contributed by atoms with van der Waals surface area (Å²) in [6.07, 6.45) is 11.4. The van der Waals surface area contributed by atoms with Gasteiger partial charge < -0.3 is 0 Å². The van der Waals surface area contributed by atoms with Crippen molar-refractivity contribution < 1.29 is 24.7 Å². The molecule has 0 nitrogen and oxygen atoms in total. The van der Waals surface area contributed by atoms with Crippen LogP contribution < -0.4 is 0 Å². The molecule has 0 bridgehead atoms. The molecule has 0 saturated heterocycles. The average molecular weight is 263 g/mol. The van der Waals surface area contributed by atoms with E-state index in [1.165, 1.54) is 32.1 Å². The van der Waals surface area contributed by atoms with Gasteiger partial charge in [0.25, 0.3) is 0 Å². The summed E-state index contributed by atoms with van der Waals surface area (Å²) < 4.78 is 1.61. The van der Waals surface area contributed by atoms with Crippen LogP contribution in [0.5, 0.6) is 0 Å². The molecule has 1 aliphatic rings. The second-order valence-electron chi connectivity index (χ2n) is 3.11. The standard InChI is InChI=1S/C10H15.ClH.Zr/c1-2-3-4-7-10-8-5-6-9-10;;/h8-9H,2-5,7H2,1H3;1H;. The van der Waals surface area contributed by atoms with Crippen molar-refractivity contribution in [3.63, 3.8) is 0 Å². The Hall–Kier alpha value is 0.653. The Labute approximate surface area is 96.8 Å². The minimum Gasteiger partial charge on any atom is -0.147 e. The molecule has 0 radical (unpaired) electrons. The fourth-order valence-electron chi connectivity index (χ4n) is 1.34. The third kappa shape index (κ3) is 4.62. The Bertz CT molecular complexity index is 182. The van der Waals surface area contributed by atoms with Gasteiger partial charge in [-0.2, -0.15) is 0 Å². The van der Waals surface area contributed by atoms with Crippen molar-refractivity contribution in [2.75, 3.05) is 0 Å². The van der Waals surface area contributed by atoms with Gasteiger partial charge in [-0.15, -0.1) is 12.4 Å². The largest absolute Gasteiger partial charge is 0.147 e. The summed E-state index contributed by atoms with van der Waals surface area (Å²) in [7, 11) is 0. The molecular weight excluding hydrogens is 247 g/mol. The molecule has 0 spiro atoms. The Morgan fingerprint density at radius 3 is 2.67 bits per heavy atom. The van der Waals surface area contributed by atoms with Crippen LogP contribution in [0.15, 0.2) is 21.0 Å². The van der Waals surface area contributed by atoms with Crippen molar-refractivity contribution in [2.45, 2.75) is 39.0 Å². The van der Waals surface area contributed by atoms with E-state index in [9.17, 15) is 0 Å². The summed E-state index contributed by atoms with van der Waals surface area (Å²) in [5.41, 5.74) is 1.59. The maximum absolute atomic E-state index is 2.39. The predicted molar refractivity (Wildman–Crippen MR) is 52.2 cm³/mol. The zero-order valence-electron chi connectivity index (χ0n) is 7.60. The molecule has 0 aromatic rings. The smallest absolute Gasteiger partial charge is 0.147 e. The maximum atomic E-state index is 2.39. The first-order chi connectivity index (χ1) is 5.33. The van der Waals surface area contributed by atoms with Crippen LogP contribution in [-0.2, 0) is 24.7 Å². The van der Waals surface area contributed by atoms with E-state index in [0.717, 1.165) is 0 Å². The minimum atomic E-state index is 0. The van der Waals surface area contributed by atoms with Gasteiger partial charge in [0.15, 0.2) is 0 Å². The number of rotatable bonds is 4. The molecule has 1 rings (SSSR count). The van der Waals surface area contributed by atoms with E-state index in [0.29, 0.717) is 0 Å². The van der Waals surface area contributed by atoms with E-state index >= 15 is 0 Å². The molecule has 0 fully saturated rings. The van der Waals surface area contributed by atoms with E-state index < -0.39 is 0 Å². The van der Waals surface area contributed by atoms with Crippen molar-refractivity contribution in [3.05, 3.63) is 21.0 Å². The maximum Gasteiger partial charge on any atom is -0.147 e. The molecule has 0 amide bonds. The number of hydrogen-bond acceptors (Lipinski definition) is 0. The SMILES string of the molecule is CCCCCC1=CC[C]([Zr])=C1.Cl. The Morgan fingerprint density at radius 1 is 1.42 bits per heavy atom. The van der Waals surface area contributed by atoms with Gasteiger partial charge in [-0.3, -0.25) is 0 Å². The molecule has 0 unspecified atom stereocenters. The second-order valence-corrected chi connectivity index (χ2v) is 4.69. The normalized spacial score (nSPS) is 15.0. The Balaban J connectivity index is 0.00000121. The van der Waals surface area contributed by atoms with E-state index in [4.69, 9.17) is 0 Å². The summed E-state index contributed by atoms with van der Waals surface area (Å²) in [5, 5.41) is 0. The molecule has 1 aliphatic carbocycles. The topological polar surface area (TPSA) is 0 Å². The Morgan fingerprint density at radius 2 is 2.17 bits per heavy atom. The van der Waals surface area contributed by atoms with Crippen molar-refractivity contribution in [3.8, 4) is 0 Å². The first kappa shape index (κ1) is 12.7. The van der Waals surface area contributed by atoms with Crippen LogP contribution in [0.2, 0.25) is 0 Å². The van der Waals surface area contributed by atoms with Gasteiger partial charge in [0, 0.05) is 0 Å². The van der Waals surface area contributed by atoms with Gasteiger partial charge in [-0.05, 0) is 0 Å². The van der Waals surface area contributed by atoms with Gasteiger partial charge in [0.1, 0.15) is 0 Å².